The SMILES string of the molecule is COc1ccccc1/C=C/CN[C@@H](C)c1ccccc1. The van der Waals surface area contributed by atoms with Crippen LogP contribution in [0, 0.1) is 0 Å². The number of rotatable bonds is 6. The van der Waals surface area contributed by atoms with Gasteiger partial charge in [0, 0.05) is 18.2 Å². The Morgan fingerprint density at radius 1 is 1.05 bits per heavy atom. The highest BCUT2D eigenvalue weighted by molar-refractivity contribution is 5.57. The maximum Gasteiger partial charge on any atom is 0.126 e. The lowest BCUT2D eigenvalue weighted by atomic mass is 10.1. The zero-order valence-electron chi connectivity index (χ0n) is 12.0. The summed E-state index contributed by atoms with van der Waals surface area (Å²) in [5, 5.41) is 3.48. The van der Waals surface area contributed by atoms with E-state index in [4.69, 9.17) is 4.74 Å². The summed E-state index contributed by atoms with van der Waals surface area (Å²) in [6.07, 6.45) is 4.21. The van der Waals surface area contributed by atoms with Gasteiger partial charge in [-0.1, -0.05) is 60.7 Å². The second kappa shape index (κ2) is 7.51. The van der Waals surface area contributed by atoms with Crippen LogP contribution in [-0.2, 0) is 0 Å². The molecule has 2 heteroatoms. The molecule has 0 amide bonds. The summed E-state index contributed by atoms with van der Waals surface area (Å²) in [5.41, 5.74) is 2.40. The molecular weight excluding hydrogens is 246 g/mol. The summed E-state index contributed by atoms with van der Waals surface area (Å²) in [4.78, 5) is 0. The Hall–Kier alpha value is -2.06. The third kappa shape index (κ3) is 3.97. The minimum atomic E-state index is 0.346. The normalized spacial score (nSPS) is 12.5. The highest BCUT2D eigenvalue weighted by Crippen LogP contribution is 2.18. The first kappa shape index (κ1) is 14.4. The van der Waals surface area contributed by atoms with E-state index in [9.17, 15) is 0 Å². The van der Waals surface area contributed by atoms with Crippen LogP contribution in [0.4, 0.5) is 0 Å². The van der Waals surface area contributed by atoms with Crippen molar-refractivity contribution in [2.24, 2.45) is 0 Å². The summed E-state index contributed by atoms with van der Waals surface area (Å²) in [7, 11) is 1.70. The molecule has 0 saturated carbocycles. The van der Waals surface area contributed by atoms with Gasteiger partial charge in [-0.2, -0.15) is 0 Å². The van der Waals surface area contributed by atoms with Gasteiger partial charge >= 0.3 is 0 Å². The predicted molar refractivity (Wildman–Crippen MR) is 84.9 cm³/mol. The van der Waals surface area contributed by atoms with E-state index in [1.165, 1.54) is 5.56 Å². The zero-order valence-corrected chi connectivity index (χ0v) is 12.0. The fourth-order valence-electron chi connectivity index (χ4n) is 2.09. The minimum Gasteiger partial charge on any atom is -0.496 e. The van der Waals surface area contributed by atoms with Gasteiger partial charge in [0.25, 0.3) is 0 Å². The highest BCUT2D eigenvalue weighted by Gasteiger charge is 2.01. The number of nitrogens with one attached hydrogen (secondary N) is 1. The van der Waals surface area contributed by atoms with Gasteiger partial charge in [0.05, 0.1) is 7.11 Å². The van der Waals surface area contributed by atoms with E-state index >= 15 is 0 Å². The zero-order chi connectivity index (χ0) is 14.2. The van der Waals surface area contributed by atoms with Gasteiger partial charge in [-0.15, -0.1) is 0 Å². The third-order valence-corrected chi connectivity index (χ3v) is 3.28. The third-order valence-electron chi connectivity index (χ3n) is 3.28. The summed E-state index contributed by atoms with van der Waals surface area (Å²) in [6, 6.07) is 18.8. The lowest BCUT2D eigenvalue weighted by Crippen LogP contribution is -2.18. The standard InChI is InChI=1S/C18H21NO/c1-15(16-9-4-3-5-10-16)19-14-8-12-17-11-6-7-13-18(17)20-2/h3-13,15,19H,14H2,1-2H3/b12-8+/t15-/m0/s1. The van der Waals surface area contributed by atoms with Crippen LogP contribution < -0.4 is 10.1 Å². The van der Waals surface area contributed by atoms with E-state index in [1.807, 2.05) is 24.3 Å². The molecule has 104 valence electrons. The van der Waals surface area contributed by atoms with Gasteiger partial charge in [-0.05, 0) is 18.6 Å². The van der Waals surface area contributed by atoms with Crippen LogP contribution in [0.15, 0.2) is 60.7 Å². The molecule has 20 heavy (non-hydrogen) atoms. The summed E-state index contributed by atoms with van der Waals surface area (Å²) in [6.45, 7) is 3.00. The van der Waals surface area contributed by atoms with Crippen molar-refractivity contribution in [2.45, 2.75) is 13.0 Å². The summed E-state index contributed by atoms with van der Waals surface area (Å²) < 4.78 is 5.32. The molecule has 0 spiro atoms. The predicted octanol–water partition coefficient (Wildman–Crippen LogP) is 4.06. The molecule has 0 bridgehead atoms. The van der Waals surface area contributed by atoms with Crippen molar-refractivity contribution >= 4 is 6.08 Å². The second-order valence-corrected chi connectivity index (χ2v) is 4.68. The average Bonchev–Trinajstić information content (AvgIpc) is 2.52. The monoisotopic (exact) mass is 267 g/mol. The molecule has 2 aromatic rings. The molecule has 2 rings (SSSR count). The lowest BCUT2D eigenvalue weighted by molar-refractivity contribution is 0.414. The van der Waals surface area contributed by atoms with Crippen molar-refractivity contribution in [3.63, 3.8) is 0 Å². The molecule has 0 radical (unpaired) electrons. The van der Waals surface area contributed by atoms with E-state index in [0.29, 0.717) is 6.04 Å². The van der Waals surface area contributed by atoms with Crippen molar-refractivity contribution in [3.05, 3.63) is 71.8 Å². The lowest BCUT2D eigenvalue weighted by Gasteiger charge is -2.12. The Bertz CT molecular complexity index is 548. The quantitative estimate of drug-likeness (QED) is 0.852. The molecule has 0 aliphatic carbocycles. The summed E-state index contributed by atoms with van der Waals surface area (Å²) >= 11 is 0. The van der Waals surface area contributed by atoms with Crippen molar-refractivity contribution in [3.8, 4) is 5.75 Å². The first-order valence-corrected chi connectivity index (χ1v) is 6.89. The van der Waals surface area contributed by atoms with Crippen LogP contribution in [0.2, 0.25) is 0 Å². The minimum absolute atomic E-state index is 0.346. The van der Waals surface area contributed by atoms with Crippen molar-refractivity contribution in [1.29, 1.82) is 0 Å². The Kier molecular flexibility index (Phi) is 5.39. The van der Waals surface area contributed by atoms with E-state index in [-0.39, 0.29) is 0 Å². The molecule has 0 unspecified atom stereocenters. The van der Waals surface area contributed by atoms with Gasteiger partial charge in [0.2, 0.25) is 0 Å². The molecule has 1 atom stereocenters. The fraction of sp³-hybridized carbons (Fsp3) is 0.222. The number of methoxy groups -OCH3 is 1. The van der Waals surface area contributed by atoms with Crippen LogP contribution >= 0.6 is 0 Å². The molecule has 2 aromatic carbocycles. The van der Waals surface area contributed by atoms with E-state index < -0.39 is 0 Å². The number of benzene rings is 2. The summed E-state index contributed by atoms with van der Waals surface area (Å²) in [5.74, 6) is 0.903. The van der Waals surface area contributed by atoms with E-state index in [1.54, 1.807) is 7.11 Å². The van der Waals surface area contributed by atoms with E-state index in [0.717, 1.165) is 17.9 Å². The van der Waals surface area contributed by atoms with Gasteiger partial charge in [-0.3, -0.25) is 0 Å². The van der Waals surface area contributed by atoms with Crippen molar-refractivity contribution < 1.29 is 4.74 Å². The van der Waals surface area contributed by atoms with Gasteiger partial charge in [0.15, 0.2) is 0 Å². The van der Waals surface area contributed by atoms with Gasteiger partial charge in [0.1, 0.15) is 5.75 Å². The Balaban J connectivity index is 1.88. The first-order chi connectivity index (χ1) is 9.81. The second-order valence-electron chi connectivity index (χ2n) is 4.68. The van der Waals surface area contributed by atoms with Crippen LogP contribution in [-0.4, -0.2) is 13.7 Å². The highest BCUT2D eigenvalue weighted by atomic mass is 16.5. The molecule has 0 aromatic heterocycles. The van der Waals surface area contributed by atoms with Crippen LogP contribution in [0.3, 0.4) is 0 Å². The largest absolute Gasteiger partial charge is 0.496 e. The molecule has 0 aliphatic rings. The van der Waals surface area contributed by atoms with Crippen molar-refractivity contribution in [1.82, 2.24) is 5.32 Å². The number of ether oxygens (including phenoxy) is 1. The fourth-order valence-corrected chi connectivity index (χ4v) is 2.09. The molecular formula is C18H21NO. The number of hydrogen-bond acceptors (Lipinski definition) is 2. The molecule has 0 heterocycles. The maximum atomic E-state index is 5.32. The molecule has 0 fully saturated rings. The molecule has 0 aliphatic heterocycles. The van der Waals surface area contributed by atoms with E-state index in [2.05, 4.69) is 54.7 Å². The van der Waals surface area contributed by atoms with Gasteiger partial charge in [-0.25, -0.2) is 0 Å². The van der Waals surface area contributed by atoms with Crippen molar-refractivity contribution in [2.75, 3.05) is 13.7 Å². The number of hydrogen-bond donors (Lipinski definition) is 1. The Labute approximate surface area is 121 Å². The first-order valence-electron chi connectivity index (χ1n) is 6.89. The maximum absolute atomic E-state index is 5.32. The van der Waals surface area contributed by atoms with Crippen LogP contribution in [0.25, 0.3) is 6.08 Å². The number of para-hydroxylation sites is 1. The average molecular weight is 267 g/mol. The Morgan fingerprint density at radius 2 is 1.75 bits per heavy atom. The smallest absolute Gasteiger partial charge is 0.126 e. The van der Waals surface area contributed by atoms with Crippen LogP contribution in [0.1, 0.15) is 24.1 Å². The topological polar surface area (TPSA) is 21.3 Å². The molecule has 1 N–H and O–H groups in total. The Morgan fingerprint density at radius 3 is 2.50 bits per heavy atom. The molecule has 0 saturated heterocycles. The van der Waals surface area contributed by atoms with Crippen LogP contribution in [0.5, 0.6) is 5.75 Å². The molecule has 2 nitrogen and oxygen atoms in total. The van der Waals surface area contributed by atoms with Gasteiger partial charge < -0.3 is 10.1 Å².